The Morgan fingerprint density at radius 1 is 1.35 bits per heavy atom. The predicted molar refractivity (Wildman–Crippen MR) is 87.7 cm³/mol. The molecule has 0 radical (unpaired) electrons. The van der Waals surface area contributed by atoms with Crippen LogP contribution in [0.4, 0.5) is 0 Å². The molecule has 3 nitrogen and oxygen atoms in total. The molecule has 0 aliphatic carbocycles. The van der Waals surface area contributed by atoms with Crippen molar-refractivity contribution in [1.82, 2.24) is 5.32 Å². The second-order valence-electron chi connectivity index (χ2n) is 5.48. The van der Waals surface area contributed by atoms with E-state index in [0.717, 1.165) is 42.2 Å². The summed E-state index contributed by atoms with van der Waals surface area (Å²) < 4.78 is 5.65. The molecular formula is C16H24N2OS. The molecule has 0 saturated carbocycles. The summed E-state index contributed by atoms with van der Waals surface area (Å²) in [7, 11) is 0. The summed E-state index contributed by atoms with van der Waals surface area (Å²) in [6, 6.07) is 10.5. The van der Waals surface area contributed by atoms with Crippen LogP contribution in [0.25, 0.3) is 0 Å². The number of aliphatic imine (C=N–C) groups is 1. The van der Waals surface area contributed by atoms with Gasteiger partial charge < -0.3 is 10.1 Å². The van der Waals surface area contributed by atoms with Crippen molar-refractivity contribution in [3.05, 3.63) is 30.3 Å². The monoisotopic (exact) mass is 292 g/mol. The Hall–Kier alpha value is -1.16. The highest BCUT2D eigenvalue weighted by atomic mass is 32.2. The van der Waals surface area contributed by atoms with Crippen molar-refractivity contribution in [2.45, 2.75) is 32.7 Å². The summed E-state index contributed by atoms with van der Waals surface area (Å²) in [5.41, 5.74) is 0. The Labute approximate surface area is 126 Å². The van der Waals surface area contributed by atoms with E-state index in [1.54, 1.807) is 0 Å². The van der Waals surface area contributed by atoms with E-state index in [-0.39, 0.29) is 0 Å². The van der Waals surface area contributed by atoms with Gasteiger partial charge in [0.25, 0.3) is 0 Å². The molecule has 110 valence electrons. The van der Waals surface area contributed by atoms with Gasteiger partial charge in [-0.25, -0.2) is 0 Å². The van der Waals surface area contributed by atoms with Gasteiger partial charge in [0.05, 0.1) is 6.61 Å². The van der Waals surface area contributed by atoms with E-state index in [1.807, 2.05) is 42.1 Å². The molecule has 1 aromatic carbocycles. The van der Waals surface area contributed by atoms with Gasteiger partial charge in [-0.3, -0.25) is 4.99 Å². The average Bonchev–Trinajstić information content (AvgIpc) is 2.86. The van der Waals surface area contributed by atoms with Crippen LogP contribution in [0.1, 0.15) is 26.7 Å². The number of ether oxygens (including phenoxy) is 1. The van der Waals surface area contributed by atoms with E-state index in [0.29, 0.717) is 6.04 Å². The fourth-order valence-corrected chi connectivity index (χ4v) is 3.19. The molecule has 0 spiro atoms. The lowest BCUT2D eigenvalue weighted by Gasteiger charge is -2.11. The molecule has 1 aromatic rings. The summed E-state index contributed by atoms with van der Waals surface area (Å²) in [5.74, 6) is 2.83. The number of benzene rings is 1. The van der Waals surface area contributed by atoms with Crippen molar-refractivity contribution in [3.8, 4) is 5.75 Å². The highest BCUT2D eigenvalue weighted by molar-refractivity contribution is 8.14. The van der Waals surface area contributed by atoms with Gasteiger partial charge >= 0.3 is 0 Å². The minimum atomic E-state index is 0.597. The van der Waals surface area contributed by atoms with Crippen LogP contribution < -0.4 is 10.1 Å². The Kier molecular flexibility index (Phi) is 6.25. The number of nitrogens with zero attached hydrogens (tertiary/aromatic N) is 1. The third-order valence-corrected chi connectivity index (χ3v) is 4.16. The fraction of sp³-hybridized carbons (Fsp3) is 0.562. The Balaban J connectivity index is 1.60. The lowest BCUT2D eigenvalue weighted by molar-refractivity contribution is 0.313. The van der Waals surface area contributed by atoms with Crippen LogP contribution in [0.15, 0.2) is 35.3 Å². The molecule has 0 bridgehead atoms. The largest absolute Gasteiger partial charge is 0.494 e. The van der Waals surface area contributed by atoms with E-state index < -0.39 is 0 Å². The standard InChI is InChI=1S/C16H24N2OS/c1-13(2)11-14-12-20-16(18-14)17-9-6-10-19-15-7-4-3-5-8-15/h3-5,7-8,13-14H,6,9-12H2,1-2H3,(H,17,18). The number of amidine groups is 1. The van der Waals surface area contributed by atoms with Crippen molar-refractivity contribution in [2.24, 2.45) is 10.9 Å². The van der Waals surface area contributed by atoms with Crippen LogP contribution in [-0.4, -0.2) is 30.1 Å². The highest BCUT2D eigenvalue weighted by Gasteiger charge is 2.20. The van der Waals surface area contributed by atoms with Crippen molar-refractivity contribution < 1.29 is 4.74 Å². The first-order valence-corrected chi connectivity index (χ1v) is 8.34. The van der Waals surface area contributed by atoms with Gasteiger partial charge in [0.2, 0.25) is 0 Å². The van der Waals surface area contributed by atoms with E-state index in [4.69, 9.17) is 4.74 Å². The number of hydrogen-bond donors (Lipinski definition) is 1. The Morgan fingerprint density at radius 3 is 2.90 bits per heavy atom. The van der Waals surface area contributed by atoms with Crippen LogP contribution >= 0.6 is 11.8 Å². The van der Waals surface area contributed by atoms with Crippen molar-refractivity contribution in [1.29, 1.82) is 0 Å². The van der Waals surface area contributed by atoms with E-state index >= 15 is 0 Å². The van der Waals surface area contributed by atoms with Gasteiger partial charge in [0.1, 0.15) is 5.75 Å². The van der Waals surface area contributed by atoms with Crippen LogP contribution in [0.3, 0.4) is 0 Å². The van der Waals surface area contributed by atoms with E-state index in [2.05, 4.69) is 24.2 Å². The Bertz CT molecular complexity index is 420. The summed E-state index contributed by atoms with van der Waals surface area (Å²) in [6.45, 7) is 6.09. The van der Waals surface area contributed by atoms with Crippen molar-refractivity contribution in [2.75, 3.05) is 18.9 Å². The maximum atomic E-state index is 5.65. The fourth-order valence-electron chi connectivity index (χ4n) is 2.18. The normalized spacial score (nSPS) is 20.4. The molecule has 2 rings (SSSR count). The molecular weight excluding hydrogens is 268 g/mol. The molecule has 4 heteroatoms. The van der Waals surface area contributed by atoms with E-state index in [9.17, 15) is 0 Å². The minimum Gasteiger partial charge on any atom is -0.494 e. The van der Waals surface area contributed by atoms with Gasteiger partial charge in [-0.2, -0.15) is 0 Å². The topological polar surface area (TPSA) is 33.6 Å². The molecule has 1 N–H and O–H groups in total. The lowest BCUT2D eigenvalue weighted by atomic mass is 10.1. The van der Waals surface area contributed by atoms with Crippen LogP contribution in [0.5, 0.6) is 5.75 Å². The maximum Gasteiger partial charge on any atom is 0.156 e. The van der Waals surface area contributed by atoms with Crippen LogP contribution in [0, 0.1) is 5.92 Å². The summed E-state index contributed by atoms with van der Waals surface area (Å²) in [6.07, 6.45) is 2.18. The second-order valence-corrected chi connectivity index (χ2v) is 6.49. The van der Waals surface area contributed by atoms with Crippen molar-refractivity contribution >= 4 is 16.9 Å². The quantitative estimate of drug-likeness (QED) is 0.780. The number of hydrogen-bond acceptors (Lipinski definition) is 3. The third kappa shape index (κ3) is 5.45. The Morgan fingerprint density at radius 2 is 2.15 bits per heavy atom. The molecule has 1 aliphatic heterocycles. The zero-order chi connectivity index (χ0) is 14.2. The first-order valence-electron chi connectivity index (χ1n) is 7.35. The van der Waals surface area contributed by atoms with Gasteiger partial charge in [-0.05, 0) is 24.5 Å². The molecule has 20 heavy (non-hydrogen) atoms. The first-order chi connectivity index (χ1) is 9.74. The highest BCUT2D eigenvalue weighted by Crippen LogP contribution is 2.19. The minimum absolute atomic E-state index is 0.597. The zero-order valence-corrected chi connectivity index (χ0v) is 13.2. The molecule has 1 fully saturated rings. The summed E-state index contributed by atoms with van der Waals surface area (Å²) in [4.78, 5) is 4.60. The van der Waals surface area contributed by atoms with Gasteiger partial charge in [0, 0.05) is 24.8 Å². The SMILES string of the molecule is CC(C)CC1CSC(=NCCCOc2ccccc2)N1. The molecule has 1 unspecified atom stereocenters. The molecule has 1 heterocycles. The average molecular weight is 292 g/mol. The van der Waals surface area contributed by atoms with Gasteiger partial charge in [-0.15, -0.1) is 0 Å². The molecule has 0 amide bonds. The predicted octanol–water partition coefficient (Wildman–Crippen LogP) is 3.56. The van der Waals surface area contributed by atoms with Crippen LogP contribution in [-0.2, 0) is 0 Å². The van der Waals surface area contributed by atoms with Crippen LogP contribution in [0.2, 0.25) is 0 Å². The molecule has 1 saturated heterocycles. The molecule has 0 aromatic heterocycles. The van der Waals surface area contributed by atoms with Gasteiger partial charge in [0.15, 0.2) is 5.17 Å². The summed E-state index contributed by atoms with van der Waals surface area (Å²) >= 11 is 1.84. The number of para-hydroxylation sites is 1. The lowest BCUT2D eigenvalue weighted by Crippen LogP contribution is -2.28. The number of nitrogens with one attached hydrogen (secondary N) is 1. The van der Waals surface area contributed by atoms with Gasteiger partial charge in [-0.1, -0.05) is 43.8 Å². The zero-order valence-electron chi connectivity index (χ0n) is 12.3. The maximum absolute atomic E-state index is 5.65. The summed E-state index contributed by atoms with van der Waals surface area (Å²) in [5, 5.41) is 4.61. The third-order valence-electron chi connectivity index (χ3n) is 3.07. The smallest absolute Gasteiger partial charge is 0.156 e. The number of rotatable bonds is 7. The van der Waals surface area contributed by atoms with Crippen molar-refractivity contribution in [3.63, 3.8) is 0 Å². The first kappa shape index (κ1) is 15.2. The second kappa shape index (κ2) is 8.20. The molecule has 1 atom stereocenters. The number of thioether (sulfide) groups is 1. The molecule has 1 aliphatic rings. The van der Waals surface area contributed by atoms with E-state index in [1.165, 1.54) is 6.42 Å².